The van der Waals surface area contributed by atoms with Crippen LogP contribution >= 0.6 is 11.8 Å². The minimum Gasteiger partial charge on any atom is -0.335 e. The molecule has 3 amide bonds. The van der Waals surface area contributed by atoms with E-state index < -0.39 is 0 Å². The van der Waals surface area contributed by atoms with E-state index in [1.165, 1.54) is 21.6 Å². The van der Waals surface area contributed by atoms with Crippen LogP contribution in [0.4, 0.5) is 10.5 Å². The number of nitrogens with zero attached hydrogens (tertiary/aromatic N) is 2. The predicted molar refractivity (Wildman–Crippen MR) is 91.6 cm³/mol. The molecule has 2 rings (SSSR count). The highest BCUT2D eigenvalue weighted by Crippen LogP contribution is 2.19. The number of amides is 3. The van der Waals surface area contributed by atoms with Gasteiger partial charge in [0.1, 0.15) is 6.54 Å². The van der Waals surface area contributed by atoms with Crippen LogP contribution in [0.3, 0.4) is 0 Å². The summed E-state index contributed by atoms with van der Waals surface area (Å²) in [5.41, 5.74) is 2.74. The monoisotopic (exact) mass is 335 g/mol. The Morgan fingerprint density at radius 3 is 2.52 bits per heavy atom. The number of benzene rings is 1. The highest BCUT2D eigenvalue weighted by molar-refractivity contribution is 8.13. The average Bonchev–Trinajstić information content (AvgIpc) is 2.88. The van der Waals surface area contributed by atoms with Gasteiger partial charge in [-0.05, 0) is 25.0 Å². The molecule has 0 saturated carbocycles. The lowest BCUT2D eigenvalue weighted by Gasteiger charge is -2.21. The van der Waals surface area contributed by atoms with Crippen LogP contribution in [-0.2, 0) is 9.59 Å². The van der Waals surface area contributed by atoms with E-state index in [9.17, 15) is 14.4 Å². The van der Waals surface area contributed by atoms with E-state index in [0.717, 1.165) is 16.8 Å². The molecule has 124 valence electrons. The highest BCUT2D eigenvalue weighted by Gasteiger charge is 2.25. The van der Waals surface area contributed by atoms with Gasteiger partial charge in [0, 0.05) is 25.0 Å². The number of para-hydroxylation sites is 1. The molecule has 0 atom stereocenters. The van der Waals surface area contributed by atoms with Crippen molar-refractivity contribution < 1.29 is 14.4 Å². The fourth-order valence-corrected chi connectivity index (χ4v) is 3.17. The minimum atomic E-state index is -0.250. The molecule has 7 heteroatoms. The molecule has 1 heterocycles. The first-order valence-electron chi connectivity index (χ1n) is 7.40. The van der Waals surface area contributed by atoms with Gasteiger partial charge in [0.15, 0.2) is 0 Å². The van der Waals surface area contributed by atoms with Crippen molar-refractivity contribution in [3.05, 3.63) is 29.3 Å². The number of aryl methyl sites for hydroxylation is 2. The maximum absolute atomic E-state index is 12.1. The van der Waals surface area contributed by atoms with Gasteiger partial charge in [-0.1, -0.05) is 30.0 Å². The van der Waals surface area contributed by atoms with Crippen molar-refractivity contribution in [1.29, 1.82) is 0 Å². The van der Waals surface area contributed by atoms with Crippen molar-refractivity contribution in [1.82, 2.24) is 9.80 Å². The zero-order chi connectivity index (χ0) is 17.0. The number of hydrogen-bond acceptors (Lipinski definition) is 4. The lowest BCUT2D eigenvalue weighted by Crippen LogP contribution is -2.41. The topological polar surface area (TPSA) is 69.7 Å². The van der Waals surface area contributed by atoms with Crippen molar-refractivity contribution in [3.63, 3.8) is 0 Å². The van der Waals surface area contributed by atoms with E-state index in [1.807, 2.05) is 32.0 Å². The van der Waals surface area contributed by atoms with E-state index in [0.29, 0.717) is 12.3 Å². The molecule has 1 aliphatic rings. The van der Waals surface area contributed by atoms with E-state index in [1.54, 1.807) is 7.05 Å². The second-order valence-corrected chi connectivity index (χ2v) is 6.65. The largest absolute Gasteiger partial charge is 0.335 e. The summed E-state index contributed by atoms with van der Waals surface area (Å²) in [5.74, 6) is 0.223. The number of carbonyl (C=O) groups is 3. The minimum absolute atomic E-state index is 0.0268. The summed E-state index contributed by atoms with van der Waals surface area (Å²) >= 11 is 1.21. The highest BCUT2D eigenvalue weighted by atomic mass is 32.2. The normalized spacial score (nSPS) is 14.0. The summed E-state index contributed by atoms with van der Waals surface area (Å²) in [4.78, 5) is 38.6. The SMILES string of the molecule is Cc1cccc(C)c1NC(=O)CN(C)C(=O)CN1CCSC1=O. The van der Waals surface area contributed by atoms with Crippen molar-refractivity contribution in [2.75, 3.05) is 37.8 Å². The third kappa shape index (κ3) is 4.48. The molecule has 0 aliphatic carbocycles. The third-order valence-corrected chi connectivity index (χ3v) is 4.61. The van der Waals surface area contributed by atoms with Crippen LogP contribution in [0.5, 0.6) is 0 Å². The standard InChI is InChI=1S/C16H21N3O3S/c1-11-5-4-6-12(2)15(11)17-13(20)9-18(3)14(21)10-19-7-8-23-16(19)22/h4-6H,7-10H2,1-3H3,(H,17,20). The molecule has 1 saturated heterocycles. The first-order valence-corrected chi connectivity index (χ1v) is 8.39. The molecule has 0 aromatic heterocycles. The Balaban J connectivity index is 1.89. The molecule has 1 N–H and O–H groups in total. The van der Waals surface area contributed by atoms with Crippen molar-refractivity contribution in [3.8, 4) is 0 Å². The second kappa shape index (κ2) is 7.50. The Morgan fingerprint density at radius 1 is 1.30 bits per heavy atom. The lowest BCUT2D eigenvalue weighted by molar-refractivity contribution is -0.133. The molecular weight excluding hydrogens is 314 g/mol. The van der Waals surface area contributed by atoms with Crippen molar-refractivity contribution in [2.45, 2.75) is 13.8 Å². The van der Waals surface area contributed by atoms with Gasteiger partial charge in [-0.15, -0.1) is 0 Å². The van der Waals surface area contributed by atoms with Gasteiger partial charge in [0.2, 0.25) is 11.8 Å². The van der Waals surface area contributed by atoms with E-state index in [2.05, 4.69) is 5.32 Å². The summed E-state index contributed by atoms with van der Waals surface area (Å²) in [7, 11) is 1.57. The molecule has 1 fully saturated rings. The number of likely N-dealkylation sites (N-methyl/N-ethyl adjacent to an activating group) is 1. The van der Waals surface area contributed by atoms with E-state index in [4.69, 9.17) is 0 Å². The first-order chi connectivity index (χ1) is 10.9. The quantitative estimate of drug-likeness (QED) is 0.892. The number of thioether (sulfide) groups is 1. The summed E-state index contributed by atoms with van der Waals surface area (Å²) in [6, 6.07) is 5.78. The first kappa shape index (κ1) is 17.3. The Kier molecular flexibility index (Phi) is 5.65. The lowest BCUT2D eigenvalue weighted by atomic mass is 10.1. The summed E-state index contributed by atoms with van der Waals surface area (Å²) < 4.78 is 0. The van der Waals surface area contributed by atoms with Crippen LogP contribution in [0.15, 0.2) is 18.2 Å². The maximum atomic E-state index is 12.1. The van der Waals surface area contributed by atoms with Gasteiger partial charge in [0.25, 0.3) is 5.24 Å². The zero-order valence-corrected chi connectivity index (χ0v) is 14.4. The molecule has 0 unspecified atom stereocenters. The summed E-state index contributed by atoms with van der Waals surface area (Å²) in [5, 5.41) is 2.77. The average molecular weight is 335 g/mol. The molecular formula is C16H21N3O3S. The molecule has 1 aliphatic heterocycles. The molecule has 1 aromatic rings. The zero-order valence-electron chi connectivity index (χ0n) is 13.6. The smallest absolute Gasteiger partial charge is 0.282 e. The van der Waals surface area contributed by atoms with Crippen LogP contribution in [0.2, 0.25) is 0 Å². The number of hydrogen-bond donors (Lipinski definition) is 1. The third-order valence-electron chi connectivity index (χ3n) is 3.72. The second-order valence-electron chi connectivity index (χ2n) is 5.60. The van der Waals surface area contributed by atoms with E-state index >= 15 is 0 Å². The van der Waals surface area contributed by atoms with Gasteiger partial charge in [0.05, 0.1) is 6.54 Å². The van der Waals surface area contributed by atoms with Crippen LogP contribution in [0, 0.1) is 13.8 Å². The van der Waals surface area contributed by atoms with Gasteiger partial charge >= 0.3 is 0 Å². The molecule has 1 aromatic carbocycles. The fourth-order valence-electron chi connectivity index (χ4n) is 2.35. The van der Waals surface area contributed by atoms with Crippen LogP contribution in [0.25, 0.3) is 0 Å². The van der Waals surface area contributed by atoms with E-state index in [-0.39, 0.29) is 30.1 Å². The fraction of sp³-hybridized carbons (Fsp3) is 0.438. The van der Waals surface area contributed by atoms with Gasteiger partial charge in [-0.25, -0.2) is 0 Å². The predicted octanol–water partition coefficient (Wildman–Crippen LogP) is 1.87. The van der Waals surface area contributed by atoms with Crippen LogP contribution in [0.1, 0.15) is 11.1 Å². The van der Waals surface area contributed by atoms with Crippen molar-refractivity contribution in [2.24, 2.45) is 0 Å². The maximum Gasteiger partial charge on any atom is 0.282 e. The van der Waals surface area contributed by atoms with Gasteiger partial charge < -0.3 is 15.1 Å². The molecule has 0 bridgehead atoms. The van der Waals surface area contributed by atoms with Gasteiger partial charge in [-0.3, -0.25) is 14.4 Å². The molecule has 0 spiro atoms. The van der Waals surface area contributed by atoms with Crippen molar-refractivity contribution >= 4 is 34.5 Å². The molecule has 0 radical (unpaired) electrons. The number of anilines is 1. The summed E-state index contributed by atoms with van der Waals surface area (Å²) in [6.07, 6.45) is 0. The molecule has 6 nitrogen and oxygen atoms in total. The Morgan fingerprint density at radius 2 is 1.96 bits per heavy atom. The molecule has 23 heavy (non-hydrogen) atoms. The Bertz CT molecular complexity index is 613. The Labute approximate surface area is 140 Å². The number of nitrogens with one attached hydrogen (secondary N) is 1. The van der Waals surface area contributed by atoms with Crippen LogP contribution < -0.4 is 5.32 Å². The Hall–Kier alpha value is -2.02. The summed E-state index contributed by atoms with van der Waals surface area (Å²) in [6.45, 7) is 4.42. The van der Waals surface area contributed by atoms with Crippen LogP contribution in [-0.4, -0.2) is 59.3 Å². The number of rotatable bonds is 5. The number of carbonyl (C=O) groups excluding carboxylic acids is 3. The van der Waals surface area contributed by atoms with Gasteiger partial charge in [-0.2, -0.15) is 0 Å².